The number of carbonyl (C=O) groups is 1. The lowest BCUT2D eigenvalue weighted by atomic mass is 10.0. The highest BCUT2D eigenvalue weighted by atomic mass is 16.7. The van der Waals surface area contributed by atoms with Crippen LogP contribution in [0.3, 0.4) is 0 Å². The third kappa shape index (κ3) is 6.68. The number of fused-ring (bicyclic) bond motifs is 2. The molecule has 4 rings (SSSR count). The van der Waals surface area contributed by atoms with Crippen molar-refractivity contribution in [3.8, 4) is 28.7 Å². The van der Waals surface area contributed by atoms with Gasteiger partial charge in [0.25, 0.3) is 0 Å². The van der Waals surface area contributed by atoms with Gasteiger partial charge in [0, 0.05) is 37.1 Å². The molecule has 0 spiro atoms. The Labute approximate surface area is 204 Å². The Hall–Kier alpha value is -3.21. The van der Waals surface area contributed by atoms with Crippen LogP contribution in [0.1, 0.15) is 18.9 Å². The van der Waals surface area contributed by atoms with E-state index in [1.54, 1.807) is 12.1 Å². The molecule has 0 aromatic heterocycles. The second kappa shape index (κ2) is 12.0. The zero-order valence-corrected chi connectivity index (χ0v) is 19.7. The van der Waals surface area contributed by atoms with E-state index in [1.807, 2.05) is 18.2 Å². The van der Waals surface area contributed by atoms with E-state index < -0.39 is 6.10 Å². The van der Waals surface area contributed by atoms with Crippen molar-refractivity contribution in [2.75, 3.05) is 51.6 Å². The van der Waals surface area contributed by atoms with Crippen molar-refractivity contribution < 1.29 is 38.7 Å². The van der Waals surface area contributed by atoms with Crippen molar-refractivity contribution >= 4 is 11.6 Å². The van der Waals surface area contributed by atoms with Crippen molar-refractivity contribution in [1.29, 1.82) is 0 Å². The minimum atomic E-state index is -0.712. The number of hydrogen-bond donors (Lipinski definition) is 4. The smallest absolute Gasteiger partial charge is 0.231 e. The molecule has 2 aliphatic heterocycles. The van der Waals surface area contributed by atoms with E-state index in [-0.39, 0.29) is 38.4 Å². The zero-order chi connectivity index (χ0) is 24.6. The molecule has 2 heterocycles. The van der Waals surface area contributed by atoms with Gasteiger partial charge in [-0.3, -0.25) is 4.79 Å². The summed E-state index contributed by atoms with van der Waals surface area (Å²) in [6.07, 6.45) is 0.154. The Bertz CT molecular complexity index is 1020. The summed E-state index contributed by atoms with van der Waals surface area (Å²) >= 11 is 0. The van der Waals surface area contributed by atoms with Gasteiger partial charge in [-0.25, -0.2) is 0 Å². The number of carbonyl (C=O) groups excluding carboxylic acids is 1. The highest BCUT2D eigenvalue weighted by Gasteiger charge is 2.23. The predicted molar refractivity (Wildman–Crippen MR) is 128 cm³/mol. The molecule has 0 bridgehead atoms. The van der Waals surface area contributed by atoms with E-state index in [1.165, 1.54) is 0 Å². The van der Waals surface area contributed by atoms with Crippen molar-refractivity contribution in [2.45, 2.75) is 25.9 Å². The minimum absolute atomic E-state index is 0.0932. The van der Waals surface area contributed by atoms with Gasteiger partial charge in [-0.1, -0.05) is 6.92 Å². The standard InChI is InChI=1S/C25H32N2O8/c1-16(13-32-18-2-4-21-23(10-18)35-15-34-21)11-26-12-17(29)14-33-20-5-6-22(31-9-8-28)25-19(20)3-7-24(30)27-25/h2,4-6,10,16-17,26,28-29H,3,7-9,11-15H2,1H3,(H,27,30). The van der Waals surface area contributed by atoms with Crippen molar-refractivity contribution in [3.63, 3.8) is 0 Å². The van der Waals surface area contributed by atoms with Crippen LogP contribution in [-0.4, -0.2) is 68.5 Å². The molecule has 0 fully saturated rings. The van der Waals surface area contributed by atoms with E-state index in [4.69, 9.17) is 28.8 Å². The van der Waals surface area contributed by atoms with Crippen LogP contribution >= 0.6 is 0 Å². The maximum Gasteiger partial charge on any atom is 0.231 e. The number of nitrogens with one attached hydrogen (secondary N) is 2. The highest BCUT2D eigenvalue weighted by Crippen LogP contribution is 2.39. The molecule has 1 amide bonds. The summed E-state index contributed by atoms with van der Waals surface area (Å²) in [7, 11) is 0. The SMILES string of the molecule is CC(CNCC(O)COc1ccc(OCCO)c2c1CCC(=O)N2)COc1ccc2c(c1)OCO2. The quantitative estimate of drug-likeness (QED) is 0.333. The average Bonchev–Trinajstić information content (AvgIpc) is 3.33. The van der Waals surface area contributed by atoms with E-state index >= 15 is 0 Å². The Morgan fingerprint density at radius 1 is 1.03 bits per heavy atom. The van der Waals surface area contributed by atoms with Crippen molar-refractivity contribution in [3.05, 3.63) is 35.9 Å². The van der Waals surface area contributed by atoms with Gasteiger partial charge >= 0.3 is 0 Å². The maximum absolute atomic E-state index is 11.8. The molecule has 0 saturated carbocycles. The van der Waals surface area contributed by atoms with Crippen LogP contribution in [0.15, 0.2) is 30.3 Å². The Morgan fingerprint density at radius 3 is 2.71 bits per heavy atom. The Morgan fingerprint density at radius 2 is 1.86 bits per heavy atom. The summed E-state index contributed by atoms with van der Waals surface area (Å²) in [6.45, 7) is 3.95. The number of anilines is 1. The average molecular weight is 489 g/mol. The fourth-order valence-electron chi connectivity index (χ4n) is 3.85. The topological polar surface area (TPSA) is 128 Å². The van der Waals surface area contributed by atoms with Crippen LogP contribution in [0.5, 0.6) is 28.7 Å². The lowest BCUT2D eigenvalue weighted by molar-refractivity contribution is -0.116. The fourth-order valence-corrected chi connectivity index (χ4v) is 3.85. The van der Waals surface area contributed by atoms with E-state index in [0.717, 1.165) is 17.1 Å². The minimum Gasteiger partial charge on any atom is -0.493 e. The summed E-state index contributed by atoms with van der Waals surface area (Å²) in [4.78, 5) is 11.8. The second-order valence-corrected chi connectivity index (χ2v) is 8.59. The van der Waals surface area contributed by atoms with Gasteiger partial charge < -0.3 is 44.5 Å². The van der Waals surface area contributed by atoms with E-state index in [2.05, 4.69) is 17.6 Å². The van der Waals surface area contributed by atoms with Gasteiger partial charge in [0.15, 0.2) is 11.5 Å². The summed E-state index contributed by atoms with van der Waals surface area (Å²) in [5, 5.41) is 25.5. The number of aliphatic hydroxyl groups is 2. The molecule has 0 radical (unpaired) electrons. The van der Waals surface area contributed by atoms with Gasteiger partial charge in [0.2, 0.25) is 12.7 Å². The molecular weight excluding hydrogens is 456 g/mol. The van der Waals surface area contributed by atoms with Gasteiger partial charge in [-0.05, 0) is 30.7 Å². The first-order chi connectivity index (χ1) is 17.0. The number of benzene rings is 2. The first-order valence-electron chi connectivity index (χ1n) is 11.8. The Balaban J connectivity index is 1.19. The molecule has 10 heteroatoms. The number of aliphatic hydroxyl groups excluding tert-OH is 2. The van der Waals surface area contributed by atoms with Gasteiger partial charge in [0.05, 0.1) is 18.9 Å². The first-order valence-corrected chi connectivity index (χ1v) is 11.8. The summed E-state index contributed by atoms with van der Waals surface area (Å²) in [6, 6.07) is 8.96. The zero-order valence-electron chi connectivity index (χ0n) is 19.7. The van der Waals surface area contributed by atoms with Crippen LogP contribution in [-0.2, 0) is 11.2 Å². The molecule has 2 atom stereocenters. The predicted octanol–water partition coefficient (Wildman–Crippen LogP) is 1.72. The van der Waals surface area contributed by atoms with Gasteiger partial charge in [0.1, 0.15) is 36.6 Å². The monoisotopic (exact) mass is 488 g/mol. The molecule has 190 valence electrons. The highest BCUT2D eigenvalue weighted by molar-refractivity contribution is 5.96. The molecule has 0 aliphatic carbocycles. The van der Waals surface area contributed by atoms with E-state index in [9.17, 15) is 9.90 Å². The van der Waals surface area contributed by atoms with Crippen LogP contribution in [0.2, 0.25) is 0 Å². The van der Waals surface area contributed by atoms with Crippen LogP contribution in [0.4, 0.5) is 5.69 Å². The van der Waals surface area contributed by atoms with Crippen LogP contribution in [0.25, 0.3) is 0 Å². The molecule has 4 N–H and O–H groups in total. The number of hydrogen-bond acceptors (Lipinski definition) is 9. The molecule has 2 aromatic rings. The normalized spacial score (nSPS) is 15.7. The number of rotatable bonds is 13. The largest absolute Gasteiger partial charge is 0.493 e. The van der Waals surface area contributed by atoms with Crippen LogP contribution < -0.4 is 34.3 Å². The lowest BCUT2D eigenvalue weighted by Gasteiger charge is -2.23. The third-order valence-corrected chi connectivity index (χ3v) is 5.63. The second-order valence-electron chi connectivity index (χ2n) is 8.59. The molecule has 2 aliphatic rings. The summed E-state index contributed by atoms with van der Waals surface area (Å²) in [5.74, 6) is 3.35. The summed E-state index contributed by atoms with van der Waals surface area (Å²) < 4.78 is 27.9. The number of amides is 1. The molecule has 10 nitrogen and oxygen atoms in total. The van der Waals surface area contributed by atoms with E-state index in [0.29, 0.717) is 55.5 Å². The molecule has 35 heavy (non-hydrogen) atoms. The van der Waals surface area contributed by atoms with Gasteiger partial charge in [-0.2, -0.15) is 0 Å². The molecular formula is C25H32N2O8. The van der Waals surface area contributed by atoms with Gasteiger partial charge in [-0.15, -0.1) is 0 Å². The van der Waals surface area contributed by atoms with Crippen molar-refractivity contribution in [2.24, 2.45) is 5.92 Å². The van der Waals surface area contributed by atoms with Crippen LogP contribution in [0, 0.1) is 5.92 Å². The first kappa shape index (κ1) is 24.9. The Kier molecular flexibility index (Phi) is 8.51. The molecule has 2 aromatic carbocycles. The molecule has 0 saturated heterocycles. The fraction of sp³-hybridized carbons (Fsp3) is 0.480. The maximum atomic E-state index is 11.8. The molecule has 2 unspecified atom stereocenters. The third-order valence-electron chi connectivity index (χ3n) is 5.63. The summed E-state index contributed by atoms with van der Waals surface area (Å²) in [5.41, 5.74) is 1.39. The lowest BCUT2D eigenvalue weighted by Crippen LogP contribution is -2.35. The number of ether oxygens (including phenoxy) is 5. The van der Waals surface area contributed by atoms with Crippen molar-refractivity contribution in [1.82, 2.24) is 5.32 Å².